The summed E-state index contributed by atoms with van der Waals surface area (Å²) in [6.07, 6.45) is 31.1. The summed E-state index contributed by atoms with van der Waals surface area (Å²) in [4.78, 5) is 0. The first-order valence-corrected chi connectivity index (χ1v) is 17.5. The molecule has 0 fully saturated rings. The number of halogens is 1. The van der Waals surface area contributed by atoms with Crippen molar-refractivity contribution in [3.05, 3.63) is 0 Å². The topological polar surface area (TPSA) is 0 Å². The van der Waals surface area contributed by atoms with E-state index < -0.39 is 5.96 Å². The molecule has 0 aromatic carbocycles. The molecule has 0 aliphatic heterocycles. The Morgan fingerprint density at radius 3 is 0.857 bits per heavy atom. The van der Waals surface area contributed by atoms with Crippen LogP contribution in [0.25, 0.3) is 0 Å². The molecule has 0 atom stereocenters. The van der Waals surface area contributed by atoms with E-state index in [1.54, 1.807) is 0 Å². The van der Waals surface area contributed by atoms with Gasteiger partial charge >= 0.3 is 185 Å². The van der Waals surface area contributed by atoms with Gasteiger partial charge in [-0.25, -0.2) is 0 Å². The van der Waals surface area contributed by atoms with E-state index in [9.17, 15) is 0 Å². The van der Waals surface area contributed by atoms with Gasteiger partial charge in [-0.3, -0.25) is 0 Å². The van der Waals surface area contributed by atoms with Crippen molar-refractivity contribution in [3.63, 3.8) is 0 Å². The zero-order valence-electron chi connectivity index (χ0n) is 20.4. The molecule has 0 rings (SSSR count). The zero-order valence-corrected chi connectivity index (χ0v) is 22.0. The molecule has 172 valence electrons. The van der Waals surface area contributed by atoms with Crippen molar-refractivity contribution in [2.24, 2.45) is 0 Å². The minimum atomic E-state index is -1.88. The van der Waals surface area contributed by atoms with Crippen molar-refractivity contribution in [3.8, 4) is 0 Å². The maximum absolute atomic E-state index is 7.14. The van der Waals surface area contributed by atoms with Crippen molar-refractivity contribution >= 4 is 17.2 Å². The quantitative estimate of drug-likeness (QED) is 0.117. The van der Waals surface area contributed by atoms with Crippen LogP contribution in [-0.2, 0) is 0 Å². The van der Waals surface area contributed by atoms with Gasteiger partial charge in [0.2, 0.25) is 0 Å². The zero-order chi connectivity index (χ0) is 21.0. The number of hydrogen-bond acceptors (Lipinski definition) is 0. The van der Waals surface area contributed by atoms with E-state index in [-0.39, 0.29) is 0 Å². The van der Waals surface area contributed by atoms with Crippen LogP contribution < -0.4 is 0 Å². The summed E-state index contributed by atoms with van der Waals surface area (Å²) >= 11 is 7.14. The molecule has 0 amide bonds. The molecule has 0 spiro atoms. The fraction of sp³-hybridized carbons (Fsp3) is 1.00. The van der Waals surface area contributed by atoms with E-state index in [1.165, 1.54) is 141 Å². The summed E-state index contributed by atoms with van der Waals surface area (Å²) in [6.45, 7) is 9.44. The van der Waals surface area contributed by atoms with Crippen LogP contribution in [0.15, 0.2) is 0 Å². The Balaban J connectivity index is 3.51. The van der Waals surface area contributed by atoms with Gasteiger partial charge in [-0.05, 0) is 0 Å². The molecule has 0 nitrogen and oxygen atoms in total. The van der Waals surface area contributed by atoms with Gasteiger partial charge < -0.3 is 0 Å². The second kappa shape index (κ2) is 18.5. The first kappa shape index (κ1) is 28.7. The van der Waals surface area contributed by atoms with E-state index in [4.69, 9.17) is 11.2 Å². The molecule has 0 N–H and O–H groups in total. The van der Waals surface area contributed by atoms with Gasteiger partial charge in [-0.15, -0.1) is 0 Å². The molecule has 0 saturated heterocycles. The van der Waals surface area contributed by atoms with Crippen LogP contribution >= 0.6 is 17.2 Å². The van der Waals surface area contributed by atoms with Crippen molar-refractivity contribution in [2.75, 3.05) is 25.7 Å². The van der Waals surface area contributed by atoms with E-state index in [2.05, 4.69) is 27.2 Å². The van der Waals surface area contributed by atoms with Crippen molar-refractivity contribution < 1.29 is 0 Å². The Kier molecular flexibility index (Phi) is 19.0. The molecular weight excluding hydrogens is 379 g/mol. The predicted molar refractivity (Wildman–Crippen MR) is 138 cm³/mol. The van der Waals surface area contributed by atoms with Crippen LogP contribution in [-0.4, -0.2) is 25.7 Å². The van der Waals surface area contributed by atoms with Gasteiger partial charge in [0.05, 0.1) is 0 Å². The summed E-state index contributed by atoms with van der Waals surface area (Å²) in [5, 5.41) is 0. The molecule has 28 heavy (non-hydrogen) atoms. The van der Waals surface area contributed by atoms with Crippen LogP contribution in [0.3, 0.4) is 0 Å². The van der Waals surface area contributed by atoms with E-state index in [1.807, 2.05) is 0 Å². The van der Waals surface area contributed by atoms with Gasteiger partial charge in [-0.2, -0.15) is 0 Å². The molecule has 0 heterocycles. The van der Waals surface area contributed by atoms with Gasteiger partial charge in [0.15, 0.2) is 0 Å². The van der Waals surface area contributed by atoms with E-state index in [0.717, 1.165) is 0 Å². The van der Waals surface area contributed by atoms with Gasteiger partial charge in [0, 0.05) is 0 Å². The fourth-order valence-electron chi connectivity index (χ4n) is 4.29. The van der Waals surface area contributed by atoms with Crippen molar-refractivity contribution in [1.82, 2.24) is 0 Å². The summed E-state index contributed by atoms with van der Waals surface area (Å²) in [7, 11) is 0. The van der Waals surface area contributed by atoms with Crippen LogP contribution in [0, 0.1) is 0 Å². The monoisotopic (exact) mass is 434 g/mol. The molecule has 0 aromatic heterocycles. The Morgan fingerprint density at radius 1 is 0.393 bits per heavy atom. The molecule has 0 aliphatic carbocycles. The van der Waals surface area contributed by atoms with Crippen molar-refractivity contribution in [2.45, 2.75) is 142 Å². The first-order valence-electron chi connectivity index (χ1n) is 13.1. The molecular formula is C26H56ClP. The summed E-state index contributed by atoms with van der Waals surface area (Å²) in [5.74, 6) is -1.88. The number of rotatable bonds is 22. The third-order valence-electron chi connectivity index (χ3n) is 6.40. The predicted octanol–water partition coefficient (Wildman–Crippen LogP) is 10.8. The molecule has 0 aromatic rings. The Bertz CT molecular complexity index is 290. The minimum absolute atomic E-state index is 1.31. The molecule has 0 bridgehead atoms. The number of unbranched alkanes of at least 4 members (excludes halogenated alkanes) is 18. The molecule has 0 aliphatic rings. The van der Waals surface area contributed by atoms with Crippen LogP contribution in [0.4, 0.5) is 0 Å². The van der Waals surface area contributed by atoms with E-state index in [0.29, 0.717) is 0 Å². The third kappa shape index (κ3) is 21.4. The van der Waals surface area contributed by atoms with Crippen LogP contribution in [0.1, 0.15) is 142 Å². The average molecular weight is 435 g/mol. The first-order chi connectivity index (χ1) is 13.4. The molecule has 2 heteroatoms. The summed E-state index contributed by atoms with van der Waals surface area (Å²) < 4.78 is 0. The third-order valence-corrected chi connectivity index (χ3v) is 10.8. The van der Waals surface area contributed by atoms with Crippen LogP contribution in [0.5, 0.6) is 0 Å². The normalized spacial score (nSPS) is 13.5. The van der Waals surface area contributed by atoms with Gasteiger partial charge in [-0.1, -0.05) is 0 Å². The van der Waals surface area contributed by atoms with E-state index >= 15 is 0 Å². The standard InChI is InChI=1S/C26H56ClP/c1-5-7-9-11-13-15-17-19-21-23-25-28(3,4,27)26-24-22-20-18-16-14-12-10-8-6-2/h5-26H2,1-4H3. The molecule has 0 saturated carbocycles. The average Bonchev–Trinajstić information content (AvgIpc) is 2.64. The fourth-order valence-corrected chi connectivity index (χ4v) is 7.62. The second-order valence-corrected chi connectivity index (χ2v) is 19.7. The molecule has 0 unspecified atom stereocenters. The van der Waals surface area contributed by atoms with Gasteiger partial charge in [0.1, 0.15) is 0 Å². The number of hydrogen-bond donors (Lipinski definition) is 0. The maximum atomic E-state index is 7.14. The van der Waals surface area contributed by atoms with Crippen molar-refractivity contribution in [1.29, 1.82) is 0 Å². The summed E-state index contributed by atoms with van der Waals surface area (Å²) in [5.41, 5.74) is 0. The second-order valence-electron chi connectivity index (χ2n) is 10.3. The van der Waals surface area contributed by atoms with Gasteiger partial charge in [0.25, 0.3) is 0 Å². The molecule has 0 radical (unpaired) electrons. The Morgan fingerprint density at radius 2 is 0.607 bits per heavy atom. The Labute approximate surface area is 185 Å². The summed E-state index contributed by atoms with van der Waals surface area (Å²) in [6, 6.07) is 0. The van der Waals surface area contributed by atoms with Crippen LogP contribution in [0.2, 0.25) is 0 Å². The SMILES string of the molecule is CCCCCCCCCCCCP(C)(C)(Cl)CCCCCCCCCCCC. The Hall–Kier alpha value is 0.720.